The van der Waals surface area contributed by atoms with E-state index in [1.807, 2.05) is 18.2 Å². The van der Waals surface area contributed by atoms with Gasteiger partial charge < -0.3 is 15.2 Å². The van der Waals surface area contributed by atoms with Crippen LogP contribution in [0.5, 0.6) is 5.75 Å². The van der Waals surface area contributed by atoms with Gasteiger partial charge in [0.05, 0.1) is 5.56 Å². The normalized spacial score (nSPS) is 27.8. The summed E-state index contributed by atoms with van der Waals surface area (Å²) in [7, 11) is 0. The van der Waals surface area contributed by atoms with Crippen molar-refractivity contribution in [2.45, 2.75) is 30.9 Å². The lowest BCUT2D eigenvalue weighted by Gasteiger charge is -2.45. The fourth-order valence-corrected chi connectivity index (χ4v) is 4.55. The first-order valence-electron chi connectivity index (χ1n) is 9.25. The van der Waals surface area contributed by atoms with Crippen molar-refractivity contribution in [2.24, 2.45) is 16.6 Å². The molecule has 2 N–H and O–H groups in total. The predicted molar refractivity (Wildman–Crippen MR) is 100 cm³/mol. The monoisotopic (exact) mass is 374 g/mol. The number of carbonyl (C=O) groups excluding carboxylic acids is 1. The quantitative estimate of drug-likeness (QED) is 0.820. The predicted octanol–water partition coefficient (Wildman–Crippen LogP) is 2.29. The summed E-state index contributed by atoms with van der Waals surface area (Å²) in [5.74, 6) is 0.849. The molecule has 1 aliphatic carbocycles. The Labute approximate surface area is 161 Å². The van der Waals surface area contributed by atoms with Crippen LogP contribution in [0.4, 0.5) is 0 Å². The minimum absolute atomic E-state index is 0.0853. The molecule has 0 bridgehead atoms. The molecular weight excluding hydrogens is 356 g/mol. The molecule has 5 rings (SSSR count). The lowest BCUT2D eigenvalue weighted by Crippen LogP contribution is -2.51. The topological polar surface area (TPSA) is 111 Å². The molecule has 1 fully saturated rings. The Morgan fingerprint density at radius 1 is 1.25 bits per heavy atom. The summed E-state index contributed by atoms with van der Waals surface area (Å²) in [6, 6.07) is 9.91. The number of nitrogens with two attached hydrogens (primary N) is 1. The molecule has 28 heavy (non-hydrogen) atoms. The number of pyridine rings is 1. The van der Waals surface area contributed by atoms with Crippen LogP contribution >= 0.6 is 0 Å². The third kappa shape index (κ3) is 2.45. The maximum absolute atomic E-state index is 12.2. The highest BCUT2D eigenvalue weighted by atomic mass is 16.5. The van der Waals surface area contributed by atoms with Crippen molar-refractivity contribution in [3.05, 3.63) is 47.8 Å². The van der Waals surface area contributed by atoms with Crippen molar-refractivity contribution in [3.8, 4) is 22.9 Å². The smallest absolute Gasteiger partial charge is 0.283 e. The fraction of sp³-hybridized carbons (Fsp3) is 0.333. The van der Waals surface area contributed by atoms with E-state index in [9.17, 15) is 4.79 Å². The Hall–Kier alpha value is -3.40. The second-order valence-corrected chi connectivity index (χ2v) is 7.49. The first kappa shape index (κ1) is 16.8. The second-order valence-electron chi connectivity index (χ2n) is 7.49. The number of benzene rings is 1. The third-order valence-corrected chi connectivity index (χ3v) is 5.89. The van der Waals surface area contributed by atoms with Crippen LogP contribution in [-0.4, -0.2) is 29.5 Å². The van der Waals surface area contributed by atoms with Gasteiger partial charge in [-0.05, 0) is 30.2 Å². The lowest BCUT2D eigenvalue weighted by atomic mass is 9.68. The molecule has 0 amide bonds. The van der Waals surface area contributed by atoms with E-state index in [-0.39, 0.29) is 23.8 Å². The molecule has 2 aliphatic heterocycles. The average molecular weight is 374 g/mol. The zero-order valence-corrected chi connectivity index (χ0v) is 15.1. The number of fused-ring (bicyclic) bond motifs is 4. The van der Waals surface area contributed by atoms with E-state index < -0.39 is 5.54 Å². The van der Waals surface area contributed by atoms with Gasteiger partial charge in [-0.2, -0.15) is 5.26 Å². The molecule has 3 heterocycles. The van der Waals surface area contributed by atoms with Crippen molar-refractivity contribution >= 4 is 11.8 Å². The minimum Gasteiger partial charge on any atom is -0.490 e. The molecule has 3 aliphatic rings. The standard InChI is InChI=1S/C21H18N4O3/c22-8-12-5-14(10-24-9-12)13-1-3-18-16(6-13)21(11-27-20(23)25-21)17-7-15(26)2-4-19(17)28-18/h1,3,5-6,9-10,17,19H,2,4,7,11H2,(H2,23,25). The van der Waals surface area contributed by atoms with Crippen molar-refractivity contribution in [2.75, 3.05) is 6.61 Å². The number of ether oxygens (including phenoxy) is 2. The van der Waals surface area contributed by atoms with Gasteiger partial charge in [-0.15, -0.1) is 0 Å². The second kappa shape index (κ2) is 6.06. The Balaban J connectivity index is 1.67. The summed E-state index contributed by atoms with van der Waals surface area (Å²) in [5, 5.41) is 9.16. The van der Waals surface area contributed by atoms with Crippen LogP contribution in [0.15, 0.2) is 41.7 Å². The summed E-state index contributed by atoms with van der Waals surface area (Å²) in [4.78, 5) is 21.0. The van der Waals surface area contributed by atoms with Crippen molar-refractivity contribution in [3.63, 3.8) is 0 Å². The largest absolute Gasteiger partial charge is 0.490 e. The van der Waals surface area contributed by atoms with Crippen molar-refractivity contribution < 1.29 is 14.3 Å². The highest BCUT2D eigenvalue weighted by Crippen LogP contribution is 2.52. The zero-order chi connectivity index (χ0) is 19.3. The van der Waals surface area contributed by atoms with Crippen LogP contribution in [0.2, 0.25) is 0 Å². The Kier molecular flexibility index (Phi) is 3.63. The molecule has 0 saturated heterocycles. The number of ketones is 1. The maximum atomic E-state index is 12.2. The average Bonchev–Trinajstić information content (AvgIpc) is 3.11. The van der Waals surface area contributed by atoms with Gasteiger partial charge in [-0.25, -0.2) is 4.99 Å². The van der Waals surface area contributed by atoms with Gasteiger partial charge in [0.15, 0.2) is 0 Å². The van der Waals surface area contributed by atoms with Crippen LogP contribution in [0.1, 0.15) is 30.4 Å². The SMILES string of the molecule is N#Cc1cncc(-c2ccc3c(c2)C2(COC(N)=N2)C2CC(=O)CCC2O3)c1. The summed E-state index contributed by atoms with van der Waals surface area (Å²) in [6.07, 6.45) is 4.76. The summed E-state index contributed by atoms with van der Waals surface area (Å²) >= 11 is 0. The van der Waals surface area contributed by atoms with Gasteiger partial charge in [-0.1, -0.05) is 6.07 Å². The minimum atomic E-state index is -0.727. The van der Waals surface area contributed by atoms with Gasteiger partial charge in [0.2, 0.25) is 0 Å². The van der Waals surface area contributed by atoms with Crippen LogP contribution < -0.4 is 10.5 Å². The van der Waals surface area contributed by atoms with Crippen molar-refractivity contribution in [1.82, 2.24) is 4.98 Å². The van der Waals surface area contributed by atoms with E-state index >= 15 is 0 Å². The highest BCUT2D eigenvalue weighted by molar-refractivity contribution is 5.81. The van der Waals surface area contributed by atoms with Gasteiger partial charge in [0.25, 0.3) is 6.02 Å². The van der Waals surface area contributed by atoms with Crippen LogP contribution in [0, 0.1) is 17.2 Å². The van der Waals surface area contributed by atoms with E-state index in [2.05, 4.69) is 16.0 Å². The van der Waals surface area contributed by atoms with Gasteiger partial charge in [0.1, 0.15) is 35.9 Å². The summed E-state index contributed by atoms with van der Waals surface area (Å²) in [5.41, 5.74) is 8.25. The van der Waals surface area contributed by atoms with Crippen LogP contribution in [-0.2, 0) is 15.1 Å². The van der Waals surface area contributed by atoms with Crippen LogP contribution in [0.3, 0.4) is 0 Å². The van der Waals surface area contributed by atoms with Gasteiger partial charge >= 0.3 is 0 Å². The fourth-order valence-electron chi connectivity index (χ4n) is 4.55. The number of Topliss-reactive ketones (excluding diaryl/α,β-unsaturated/α-hetero) is 1. The Morgan fingerprint density at radius 2 is 2.14 bits per heavy atom. The van der Waals surface area contributed by atoms with Crippen LogP contribution in [0.25, 0.3) is 11.1 Å². The molecule has 3 atom stereocenters. The number of carbonyl (C=O) groups is 1. The Morgan fingerprint density at radius 3 is 2.93 bits per heavy atom. The number of nitrogens with zero attached hydrogens (tertiary/aromatic N) is 3. The number of amidine groups is 1. The first-order chi connectivity index (χ1) is 13.6. The number of rotatable bonds is 1. The molecule has 140 valence electrons. The highest BCUT2D eigenvalue weighted by Gasteiger charge is 2.55. The van der Waals surface area contributed by atoms with E-state index in [1.54, 1.807) is 12.3 Å². The van der Waals surface area contributed by atoms with E-state index in [1.165, 1.54) is 6.20 Å². The molecule has 2 aromatic rings. The van der Waals surface area contributed by atoms with Gasteiger partial charge in [0, 0.05) is 42.3 Å². The molecule has 1 saturated carbocycles. The molecule has 1 aromatic carbocycles. The Bertz CT molecular complexity index is 1060. The van der Waals surface area contributed by atoms with Crippen molar-refractivity contribution in [1.29, 1.82) is 5.26 Å². The van der Waals surface area contributed by atoms with E-state index in [0.29, 0.717) is 31.4 Å². The number of aromatic nitrogens is 1. The number of hydrogen-bond acceptors (Lipinski definition) is 7. The first-order valence-corrected chi connectivity index (χ1v) is 9.25. The zero-order valence-electron chi connectivity index (χ0n) is 15.1. The molecular formula is C21H18N4O3. The molecule has 7 heteroatoms. The van der Waals surface area contributed by atoms with E-state index in [0.717, 1.165) is 22.4 Å². The van der Waals surface area contributed by atoms with E-state index in [4.69, 9.17) is 20.5 Å². The molecule has 7 nitrogen and oxygen atoms in total. The summed E-state index contributed by atoms with van der Waals surface area (Å²) in [6.45, 7) is 0.295. The van der Waals surface area contributed by atoms with Gasteiger partial charge in [-0.3, -0.25) is 9.78 Å². The molecule has 1 spiro atoms. The third-order valence-electron chi connectivity index (χ3n) is 5.89. The lowest BCUT2D eigenvalue weighted by molar-refractivity contribution is -0.126. The number of hydrogen-bond donors (Lipinski definition) is 1. The molecule has 0 radical (unpaired) electrons. The number of nitriles is 1. The maximum Gasteiger partial charge on any atom is 0.283 e. The summed E-state index contributed by atoms with van der Waals surface area (Å²) < 4.78 is 11.8. The molecule has 3 unspecified atom stereocenters. The number of aliphatic imine (C=N–C) groups is 1. The molecule has 1 aromatic heterocycles.